The van der Waals surface area contributed by atoms with E-state index >= 15 is 0 Å². The van der Waals surface area contributed by atoms with E-state index in [9.17, 15) is 4.79 Å². The average molecular weight is 348 g/mol. The summed E-state index contributed by atoms with van der Waals surface area (Å²) in [5, 5.41) is 1.08. The first-order chi connectivity index (χ1) is 8.61. The Morgan fingerprint density at radius 1 is 1.53 bits per heavy atom. The first-order valence-corrected chi connectivity index (χ1v) is 6.59. The molecule has 2 aromatic rings. The van der Waals surface area contributed by atoms with Gasteiger partial charge in [0.25, 0.3) is 0 Å². The van der Waals surface area contributed by atoms with Gasteiger partial charge >= 0.3 is 5.97 Å². The van der Waals surface area contributed by atoms with Gasteiger partial charge < -0.3 is 15.5 Å². The molecule has 6 heteroatoms. The van der Waals surface area contributed by atoms with Crippen molar-refractivity contribution in [1.82, 2.24) is 4.98 Å². The highest BCUT2D eigenvalue weighted by Gasteiger charge is 2.17. The Hall–Kier alpha value is -1.04. The second-order valence-corrected chi connectivity index (χ2v) is 4.98. The molecule has 0 aliphatic rings. The number of aromatic amines is 1. The van der Waals surface area contributed by atoms with Crippen molar-refractivity contribution in [3.8, 4) is 0 Å². The van der Waals surface area contributed by atoms with Gasteiger partial charge in [-0.05, 0) is 24.6 Å². The molecule has 0 amide bonds. The van der Waals surface area contributed by atoms with Crippen molar-refractivity contribution in [2.24, 2.45) is 5.73 Å². The highest BCUT2D eigenvalue weighted by atomic mass is 79.9. The number of hydrogen-bond donors (Lipinski definition) is 2. The number of fused-ring (bicyclic) bond motifs is 1. The fraction of sp³-hybridized carbons (Fsp3) is 0.308. The van der Waals surface area contributed by atoms with Crippen molar-refractivity contribution >= 4 is 45.2 Å². The Morgan fingerprint density at radius 2 is 2.26 bits per heavy atom. The minimum Gasteiger partial charge on any atom is -0.465 e. The molecule has 1 aromatic heterocycles. The Balaban J connectivity index is 0.00000180. The molecule has 3 N–H and O–H groups in total. The molecule has 0 radical (unpaired) electrons. The van der Waals surface area contributed by atoms with Gasteiger partial charge in [-0.15, -0.1) is 12.4 Å². The molecule has 0 fully saturated rings. The lowest BCUT2D eigenvalue weighted by Gasteiger charge is -2.09. The summed E-state index contributed by atoms with van der Waals surface area (Å²) in [6, 6.07) is 5.35. The molecular weight excluding hydrogens is 332 g/mol. The van der Waals surface area contributed by atoms with E-state index in [4.69, 9.17) is 10.5 Å². The Morgan fingerprint density at radius 3 is 2.95 bits per heavy atom. The molecule has 104 valence electrons. The number of halogens is 2. The maximum atomic E-state index is 11.5. The van der Waals surface area contributed by atoms with E-state index < -0.39 is 6.04 Å². The van der Waals surface area contributed by atoms with Gasteiger partial charge in [0, 0.05) is 28.0 Å². The van der Waals surface area contributed by atoms with Crippen LogP contribution in [0.5, 0.6) is 0 Å². The number of rotatable bonds is 4. The summed E-state index contributed by atoms with van der Waals surface area (Å²) < 4.78 is 5.91. The van der Waals surface area contributed by atoms with Crippen LogP contribution in [0.4, 0.5) is 0 Å². The fourth-order valence-corrected chi connectivity index (χ4v) is 2.26. The molecule has 1 atom stereocenters. The minimum absolute atomic E-state index is 0. The summed E-state index contributed by atoms with van der Waals surface area (Å²) in [5.74, 6) is -0.357. The first-order valence-electron chi connectivity index (χ1n) is 5.79. The van der Waals surface area contributed by atoms with Crippen LogP contribution in [-0.2, 0) is 16.0 Å². The maximum Gasteiger partial charge on any atom is 0.323 e. The third-order valence-corrected chi connectivity index (χ3v) is 3.25. The van der Waals surface area contributed by atoms with E-state index in [-0.39, 0.29) is 18.4 Å². The van der Waals surface area contributed by atoms with Crippen molar-refractivity contribution in [3.05, 3.63) is 34.4 Å². The second-order valence-electron chi connectivity index (χ2n) is 4.07. The zero-order chi connectivity index (χ0) is 13.1. The monoisotopic (exact) mass is 346 g/mol. The zero-order valence-corrected chi connectivity index (χ0v) is 12.9. The topological polar surface area (TPSA) is 68.1 Å². The molecule has 2 rings (SSSR count). The van der Waals surface area contributed by atoms with Gasteiger partial charge in [0.1, 0.15) is 6.04 Å². The summed E-state index contributed by atoms with van der Waals surface area (Å²) in [7, 11) is 0. The van der Waals surface area contributed by atoms with Gasteiger partial charge in [-0.25, -0.2) is 0 Å². The van der Waals surface area contributed by atoms with E-state index in [1.165, 1.54) is 0 Å². The molecule has 1 unspecified atom stereocenters. The molecule has 0 saturated heterocycles. The van der Waals surface area contributed by atoms with Gasteiger partial charge in [-0.1, -0.05) is 22.0 Å². The molecule has 0 bridgehead atoms. The molecule has 1 aromatic carbocycles. The minimum atomic E-state index is -0.618. The number of esters is 1. The van der Waals surface area contributed by atoms with Crippen LogP contribution in [0.15, 0.2) is 28.9 Å². The number of ether oxygens (including phenoxy) is 1. The van der Waals surface area contributed by atoms with E-state index in [0.717, 1.165) is 20.9 Å². The van der Waals surface area contributed by atoms with E-state index in [0.29, 0.717) is 13.0 Å². The van der Waals surface area contributed by atoms with E-state index in [2.05, 4.69) is 20.9 Å². The number of H-pyrrole nitrogens is 1. The summed E-state index contributed by atoms with van der Waals surface area (Å²) in [6.45, 7) is 2.13. The second kappa shape index (κ2) is 6.93. The summed E-state index contributed by atoms with van der Waals surface area (Å²) in [5.41, 5.74) is 7.87. The van der Waals surface area contributed by atoms with Crippen LogP contribution < -0.4 is 5.73 Å². The van der Waals surface area contributed by atoms with E-state index in [1.54, 1.807) is 6.92 Å². The predicted octanol–water partition coefficient (Wildman–Crippen LogP) is 2.79. The summed E-state index contributed by atoms with van der Waals surface area (Å²) >= 11 is 3.42. The third kappa shape index (κ3) is 3.72. The first kappa shape index (κ1) is 16.0. The number of aromatic nitrogens is 1. The Bertz CT molecular complexity index is 571. The molecule has 1 heterocycles. The van der Waals surface area contributed by atoms with Crippen LogP contribution in [0, 0.1) is 0 Å². The molecule has 0 saturated carbocycles. The Kier molecular flexibility index (Phi) is 5.85. The van der Waals surface area contributed by atoms with Crippen LogP contribution in [0.2, 0.25) is 0 Å². The zero-order valence-electron chi connectivity index (χ0n) is 10.5. The third-order valence-electron chi connectivity index (χ3n) is 2.76. The number of carbonyl (C=O) groups excluding carboxylic acids is 1. The lowest BCUT2D eigenvalue weighted by Crippen LogP contribution is -2.34. The molecule has 0 spiro atoms. The normalized spacial score (nSPS) is 11.9. The highest BCUT2D eigenvalue weighted by Crippen LogP contribution is 2.23. The standard InChI is InChI=1S/C13H15BrN2O2.ClH/c1-2-18-13(17)11(15)5-8-7-16-12-6-9(14)3-4-10(8)12;/h3-4,6-7,11,16H,2,5,15H2,1H3;1H. The van der Waals surface area contributed by atoms with Crippen LogP contribution >= 0.6 is 28.3 Å². The van der Waals surface area contributed by atoms with Crippen LogP contribution in [-0.4, -0.2) is 23.6 Å². The van der Waals surface area contributed by atoms with Crippen molar-refractivity contribution in [3.63, 3.8) is 0 Å². The quantitative estimate of drug-likeness (QED) is 0.836. The van der Waals surface area contributed by atoms with Gasteiger partial charge in [0.15, 0.2) is 0 Å². The van der Waals surface area contributed by atoms with Gasteiger partial charge in [-0.2, -0.15) is 0 Å². The van der Waals surface area contributed by atoms with Crippen LogP contribution in [0.3, 0.4) is 0 Å². The van der Waals surface area contributed by atoms with Crippen molar-refractivity contribution in [1.29, 1.82) is 0 Å². The SMILES string of the molecule is CCOC(=O)C(N)Cc1c[nH]c2cc(Br)ccc12.Cl. The van der Waals surface area contributed by atoms with E-state index in [1.807, 2.05) is 24.4 Å². The number of nitrogens with one attached hydrogen (secondary N) is 1. The van der Waals surface area contributed by atoms with Gasteiger partial charge in [0.2, 0.25) is 0 Å². The van der Waals surface area contributed by atoms with Crippen molar-refractivity contribution in [2.75, 3.05) is 6.61 Å². The highest BCUT2D eigenvalue weighted by molar-refractivity contribution is 9.10. The number of nitrogens with two attached hydrogens (primary N) is 1. The number of hydrogen-bond acceptors (Lipinski definition) is 3. The molecule has 0 aliphatic carbocycles. The molecule has 19 heavy (non-hydrogen) atoms. The molecule has 4 nitrogen and oxygen atoms in total. The fourth-order valence-electron chi connectivity index (χ4n) is 1.90. The van der Waals surface area contributed by atoms with Crippen molar-refractivity contribution in [2.45, 2.75) is 19.4 Å². The predicted molar refractivity (Wildman–Crippen MR) is 81.6 cm³/mol. The van der Waals surface area contributed by atoms with Gasteiger partial charge in [-0.3, -0.25) is 4.79 Å². The number of benzene rings is 1. The largest absolute Gasteiger partial charge is 0.465 e. The maximum absolute atomic E-state index is 11.5. The van der Waals surface area contributed by atoms with Gasteiger partial charge in [0.05, 0.1) is 6.61 Å². The molecular formula is C13H16BrClN2O2. The smallest absolute Gasteiger partial charge is 0.323 e. The van der Waals surface area contributed by atoms with Crippen LogP contribution in [0.25, 0.3) is 10.9 Å². The summed E-state index contributed by atoms with van der Waals surface area (Å²) in [4.78, 5) is 14.7. The summed E-state index contributed by atoms with van der Waals surface area (Å²) in [6.07, 6.45) is 2.36. The van der Waals surface area contributed by atoms with Crippen molar-refractivity contribution < 1.29 is 9.53 Å². The van der Waals surface area contributed by atoms with Crippen LogP contribution in [0.1, 0.15) is 12.5 Å². The Labute approximate surface area is 126 Å². The lowest BCUT2D eigenvalue weighted by molar-refractivity contribution is -0.144. The lowest BCUT2D eigenvalue weighted by atomic mass is 10.1. The average Bonchev–Trinajstić information content (AvgIpc) is 2.72. The number of carbonyl (C=O) groups is 1. The molecule has 0 aliphatic heterocycles.